The van der Waals surface area contributed by atoms with Crippen molar-refractivity contribution in [2.75, 3.05) is 5.73 Å². The Balaban J connectivity index is 2.17. The number of rotatable bonds is 3. The predicted molar refractivity (Wildman–Crippen MR) is 56.9 cm³/mol. The van der Waals surface area contributed by atoms with E-state index in [1.54, 1.807) is 9.36 Å². The molecule has 8 heteroatoms. The molecular weight excluding hydrogens is 262 g/mol. The Kier molecular flexibility index (Phi) is 2.67. The second kappa shape index (κ2) is 3.97. The van der Waals surface area contributed by atoms with Gasteiger partial charge in [-0.15, -0.1) is 10.2 Å². The van der Waals surface area contributed by atoms with Crippen molar-refractivity contribution in [1.82, 2.24) is 29.8 Å². The average molecular weight is 272 g/mol. The molecule has 2 N–H and O–H groups in total. The van der Waals surface area contributed by atoms with E-state index in [1.807, 2.05) is 13.1 Å². The third-order valence-electron chi connectivity index (χ3n) is 1.86. The van der Waals surface area contributed by atoms with E-state index in [9.17, 15) is 0 Å². The van der Waals surface area contributed by atoms with Gasteiger partial charge in [0, 0.05) is 6.54 Å². The van der Waals surface area contributed by atoms with Gasteiger partial charge in [0.05, 0.1) is 12.7 Å². The van der Waals surface area contributed by atoms with E-state index in [1.165, 1.54) is 0 Å². The summed E-state index contributed by atoms with van der Waals surface area (Å²) in [5, 5.41) is 11.9. The Hall–Kier alpha value is -1.44. The summed E-state index contributed by atoms with van der Waals surface area (Å²) in [6, 6.07) is 0. The van der Waals surface area contributed by atoms with Crippen LogP contribution in [0.25, 0.3) is 0 Å². The van der Waals surface area contributed by atoms with Crippen LogP contribution in [0.2, 0.25) is 0 Å². The van der Waals surface area contributed by atoms with Gasteiger partial charge in [0.1, 0.15) is 5.69 Å². The van der Waals surface area contributed by atoms with Crippen LogP contribution in [0.15, 0.2) is 10.9 Å². The lowest BCUT2D eigenvalue weighted by Gasteiger charge is -1.96. The van der Waals surface area contributed by atoms with E-state index in [-0.39, 0.29) is 5.95 Å². The molecule has 2 heterocycles. The average Bonchev–Trinajstić information content (AvgIpc) is 2.75. The maximum Gasteiger partial charge on any atom is 0.240 e. The minimum Gasteiger partial charge on any atom is -0.366 e. The molecule has 0 saturated heterocycles. The first-order chi connectivity index (χ1) is 7.19. The van der Waals surface area contributed by atoms with Gasteiger partial charge in [-0.05, 0) is 22.9 Å². The van der Waals surface area contributed by atoms with E-state index in [4.69, 9.17) is 5.73 Å². The second-order valence-electron chi connectivity index (χ2n) is 2.96. The minimum atomic E-state index is 0.241. The van der Waals surface area contributed by atoms with Gasteiger partial charge in [-0.25, -0.2) is 4.68 Å². The van der Waals surface area contributed by atoms with Crippen molar-refractivity contribution in [2.45, 2.75) is 20.0 Å². The molecule has 0 aliphatic heterocycles. The molecule has 80 valence electrons. The molecule has 15 heavy (non-hydrogen) atoms. The lowest BCUT2D eigenvalue weighted by atomic mass is 10.5. The Labute approximate surface area is 94.4 Å². The van der Waals surface area contributed by atoms with Gasteiger partial charge in [0.25, 0.3) is 0 Å². The molecule has 0 aliphatic carbocycles. The van der Waals surface area contributed by atoms with Crippen LogP contribution in [-0.2, 0) is 13.1 Å². The van der Waals surface area contributed by atoms with Gasteiger partial charge in [-0.2, -0.15) is 4.98 Å². The van der Waals surface area contributed by atoms with Crippen molar-refractivity contribution in [2.24, 2.45) is 0 Å². The molecule has 0 spiro atoms. The largest absolute Gasteiger partial charge is 0.366 e. The van der Waals surface area contributed by atoms with Gasteiger partial charge in [-0.3, -0.25) is 4.68 Å². The van der Waals surface area contributed by atoms with E-state index in [0.29, 0.717) is 11.3 Å². The number of halogens is 1. The fourth-order valence-corrected chi connectivity index (χ4v) is 1.55. The predicted octanol–water partition coefficient (Wildman–Crippen LogP) is 0.282. The molecule has 7 nitrogen and oxygen atoms in total. The first kappa shape index (κ1) is 10.1. The number of hydrogen-bond acceptors (Lipinski definition) is 5. The Morgan fingerprint density at radius 2 is 2.33 bits per heavy atom. The smallest absolute Gasteiger partial charge is 0.240 e. The third kappa shape index (κ3) is 2.14. The van der Waals surface area contributed by atoms with Gasteiger partial charge < -0.3 is 5.73 Å². The lowest BCUT2D eigenvalue weighted by Crippen LogP contribution is -2.03. The maximum atomic E-state index is 5.45. The van der Waals surface area contributed by atoms with E-state index in [0.717, 1.165) is 12.2 Å². The fourth-order valence-electron chi connectivity index (χ4n) is 1.16. The van der Waals surface area contributed by atoms with Crippen molar-refractivity contribution < 1.29 is 0 Å². The number of aromatic nitrogens is 6. The fraction of sp³-hybridized carbons (Fsp3) is 0.429. The van der Waals surface area contributed by atoms with Gasteiger partial charge in [0.2, 0.25) is 5.95 Å². The summed E-state index contributed by atoms with van der Waals surface area (Å²) in [5.74, 6) is 0.241. The van der Waals surface area contributed by atoms with Crippen LogP contribution in [0, 0.1) is 0 Å². The molecule has 0 fully saturated rings. The highest BCUT2D eigenvalue weighted by atomic mass is 79.9. The van der Waals surface area contributed by atoms with Crippen molar-refractivity contribution in [1.29, 1.82) is 0 Å². The Morgan fingerprint density at radius 1 is 1.53 bits per heavy atom. The van der Waals surface area contributed by atoms with Crippen LogP contribution in [-0.4, -0.2) is 29.8 Å². The molecule has 0 unspecified atom stereocenters. The second-order valence-corrected chi connectivity index (χ2v) is 3.67. The molecule has 0 aliphatic rings. The number of hydrogen-bond donors (Lipinski definition) is 1. The van der Waals surface area contributed by atoms with E-state index in [2.05, 4.69) is 36.3 Å². The summed E-state index contributed by atoms with van der Waals surface area (Å²) in [4.78, 5) is 3.93. The number of nitrogens with zero attached hydrogens (tertiary/aromatic N) is 6. The number of aryl methyl sites for hydroxylation is 1. The van der Waals surface area contributed by atoms with Crippen molar-refractivity contribution in [3.63, 3.8) is 0 Å². The van der Waals surface area contributed by atoms with E-state index >= 15 is 0 Å². The molecule has 0 bridgehead atoms. The first-order valence-corrected chi connectivity index (χ1v) is 5.23. The summed E-state index contributed by atoms with van der Waals surface area (Å²) in [5.41, 5.74) is 6.27. The molecule has 2 aromatic heterocycles. The maximum absolute atomic E-state index is 5.45. The quantitative estimate of drug-likeness (QED) is 0.867. The molecule has 0 atom stereocenters. The number of nitrogen functional groups attached to an aromatic ring is 1. The lowest BCUT2D eigenvalue weighted by molar-refractivity contribution is 0.624. The molecular formula is C7H10BrN7. The molecule has 2 aromatic rings. The van der Waals surface area contributed by atoms with Crippen LogP contribution in [0.5, 0.6) is 0 Å². The van der Waals surface area contributed by atoms with Crippen LogP contribution in [0.3, 0.4) is 0 Å². The SMILES string of the molecule is CCn1cc(Cn2nc(N)nc2Br)nn1. The summed E-state index contributed by atoms with van der Waals surface area (Å²) >= 11 is 3.25. The van der Waals surface area contributed by atoms with Gasteiger partial charge in [0.15, 0.2) is 4.73 Å². The van der Waals surface area contributed by atoms with Crippen molar-refractivity contribution in [3.8, 4) is 0 Å². The molecule has 0 radical (unpaired) electrons. The zero-order valence-corrected chi connectivity index (χ0v) is 9.72. The molecule has 2 rings (SSSR count). The topological polar surface area (TPSA) is 87.4 Å². The summed E-state index contributed by atoms with van der Waals surface area (Å²) in [6.45, 7) is 3.31. The summed E-state index contributed by atoms with van der Waals surface area (Å²) in [7, 11) is 0. The molecule has 0 saturated carbocycles. The Bertz CT molecular complexity index is 460. The third-order valence-corrected chi connectivity index (χ3v) is 2.45. The first-order valence-electron chi connectivity index (χ1n) is 4.44. The van der Waals surface area contributed by atoms with Crippen LogP contribution in [0.4, 0.5) is 5.95 Å². The molecule has 0 aromatic carbocycles. The van der Waals surface area contributed by atoms with Crippen molar-refractivity contribution >= 4 is 21.9 Å². The zero-order valence-electron chi connectivity index (χ0n) is 8.13. The molecule has 0 amide bonds. The van der Waals surface area contributed by atoms with E-state index < -0.39 is 0 Å². The zero-order chi connectivity index (χ0) is 10.8. The standard InChI is InChI=1S/C7H10BrN7/c1-2-14-3-5(11-13-14)4-15-6(8)10-7(9)12-15/h3H,2,4H2,1H3,(H2,9,12). The summed E-state index contributed by atoms with van der Waals surface area (Å²) in [6.07, 6.45) is 1.87. The minimum absolute atomic E-state index is 0.241. The normalized spacial score (nSPS) is 10.8. The highest BCUT2D eigenvalue weighted by Crippen LogP contribution is 2.09. The van der Waals surface area contributed by atoms with Crippen LogP contribution >= 0.6 is 15.9 Å². The van der Waals surface area contributed by atoms with Crippen LogP contribution in [0.1, 0.15) is 12.6 Å². The number of anilines is 1. The number of nitrogens with two attached hydrogens (primary N) is 1. The highest BCUT2D eigenvalue weighted by molar-refractivity contribution is 9.10. The summed E-state index contributed by atoms with van der Waals surface area (Å²) < 4.78 is 3.97. The van der Waals surface area contributed by atoms with Crippen molar-refractivity contribution in [3.05, 3.63) is 16.6 Å². The van der Waals surface area contributed by atoms with Crippen LogP contribution < -0.4 is 5.73 Å². The highest BCUT2D eigenvalue weighted by Gasteiger charge is 2.07. The Morgan fingerprint density at radius 3 is 2.87 bits per heavy atom. The monoisotopic (exact) mass is 271 g/mol. The van der Waals surface area contributed by atoms with Gasteiger partial charge >= 0.3 is 0 Å². The van der Waals surface area contributed by atoms with Gasteiger partial charge in [-0.1, -0.05) is 5.21 Å².